The number of allylic oxidation sites excluding steroid dienone is 4. The molecule has 0 radical (unpaired) electrons. The van der Waals surface area contributed by atoms with E-state index in [4.69, 9.17) is 9.72 Å². The van der Waals surface area contributed by atoms with Crippen LogP contribution in [0.2, 0.25) is 0 Å². The van der Waals surface area contributed by atoms with E-state index in [-0.39, 0.29) is 39.5 Å². The largest absolute Gasteiger partial charge is 0.507 e. The summed E-state index contributed by atoms with van der Waals surface area (Å²) in [5.41, 5.74) is 0.791. The van der Waals surface area contributed by atoms with Crippen LogP contribution in [0, 0.1) is 12.8 Å². The van der Waals surface area contributed by atoms with Crippen LogP contribution in [0.1, 0.15) is 61.9 Å². The number of hydrogen-bond acceptors (Lipinski definition) is 8. The van der Waals surface area contributed by atoms with Gasteiger partial charge in [0, 0.05) is 36.8 Å². The van der Waals surface area contributed by atoms with Gasteiger partial charge >= 0.3 is 0 Å². The Morgan fingerprint density at radius 3 is 2.52 bits per heavy atom. The third kappa shape index (κ3) is 3.99. The summed E-state index contributed by atoms with van der Waals surface area (Å²) in [5, 5.41) is 24.7. The number of nitrogens with one attached hydrogen (secondary N) is 1. The molecule has 2 aliphatic rings. The van der Waals surface area contributed by atoms with Crippen molar-refractivity contribution in [3.8, 4) is 17.2 Å². The molecule has 208 valence electrons. The highest BCUT2D eigenvalue weighted by Crippen LogP contribution is 2.57. The highest BCUT2D eigenvalue weighted by atomic mass is 16.5. The lowest BCUT2D eigenvalue weighted by molar-refractivity contribution is -0.123. The molecule has 0 amide bonds. The first-order valence-electron chi connectivity index (χ1n) is 13.4. The molecule has 2 aromatic carbocycles. The lowest BCUT2D eigenvalue weighted by Crippen LogP contribution is -2.41. The van der Waals surface area contributed by atoms with Gasteiger partial charge < -0.3 is 24.8 Å². The highest BCUT2D eigenvalue weighted by Gasteiger charge is 2.56. The van der Waals surface area contributed by atoms with Gasteiger partial charge in [0.1, 0.15) is 39.8 Å². The molecule has 1 aliphatic heterocycles. The Kier molecular flexibility index (Phi) is 6.56. The van der Waals surface area contributed by atoms with E-state index in [2.05, 4.69) is 29.8 Å². The summed E-state index contributed by atoms with van der Waals surface area (Å²) >= 11 is 0. The van der Waals surface area contributed by atoms with Gasteiger partial charge in [-0.25, -0.2) is 4.98 Å². The number of carbonyl (C=O) groups is 3. The molecule has 9 heteroatoms. The van der Waals surface area contributed by atoms with Crippen LogP contribution in [-0.2, 0) is 28.0 Å². The van der Waals surface area contributed by atoms with E-state index >= 15 is 0 Å². The van der Waals surface area contributed by atoms with Gasteiger partial charge in [-0.2, -0.15) is 0 Å². The van der Waals surface area contributed by atoms with Crippen molar-refractivity contribution in [2.24, 2.45) is 5.92 Å². The van der Waals surface area contributed by atoms with Crippen LogP contribution in [0.25, 0.3) is 11.0 Å². The van der Waals surface area contributed by atoms with Crippen molar-refractivity contribution >= 4 is 28.4 Å². The van der Waals surface area contributed by atoms with E-state index in [1.807, 2.05) is 18.2 Å². The number of ketones is 3. The lowest BCUT2D eigenvalue weighted by Gasteiger charge is -2.29. The van der Waals surface area contributed by atoms with Gasteiger partial charge in [-0.15, -0.1) is 0 Å². The average Bonchev–Trinajstić information content (AvgIpc) is 3.37. The summed E-state index contributed by atoms with van der Waals surface area (Å²) in [5.74, 6) is -1.09. The summed E-state index contributed by atoms with van der Waals surface area (Å²) in [6, 6.07) is 7.98. The third-order valence-electron chi connectivity index (χ3n) is 7.78. The predicted octanol–water partition coefficient (Wildman–Crippen LogP) is 4.41. The Bertz CT molecular complexity index is 1680. The number of para-hydroxylation sites is 2. The van der Waals surface area contributed by atoms with Crippen LogP contribution >= 0.6 is 0 Å². The number of phenols is 2. The predicted molar refractivity (Wildman–Crippen MR) is 150 cm³/mol. The van der Waals surface area contributed by atoms with Crippen molar-refractivity contribution in [3.63, 3.8) is 0 Å². The highest BCUT2D eigenvalue weighted by molar-refractivity contribution is 6.31. The first kappa shape index (κ1) is 27.2. The molecule has 3 N–H and O–H groups in total. The minimum absolute atomic E-state index is 0.0132. The van der Waals surface area contributed by atoms with E-state index in [0.717, 1.165) is 23.4 Å². The van der Waals surface area contributed by atoms with Crippen molar-refractivity contribution in [3.05, 3.63) is 69.9 Å². The fourth-order valence-corrected chi connectivity index (χ4v) is 5.70. The van der Waals surface area contributed by atoms with Crippen LogP contribution < -0.4 is 10.1 Å². The molecule has 1 aromatic heterocycles. The number of imidazole rings is 1. The number of fused-ring (bicyclic) bond motifs is 4. The number of Topliss-reactive ketones (excluding diaryl/α,β-unsaturated/α-hetero) is 2. The van der Waals surface area contributed by atoms with Crippen LogP contribution in [0.15, 0.2) is 47.4 Å². The minimum Gasteiger partial charge on any atom is -0.507 e. The van der Waals surface area contributed by atoms with Crippen molar-refractivity contribution < 1.29 is 29.3 Å². The number of phenolic OH excluding ortho intramolecular Hbond substituents is 2. The smallest absolute Gasteiger partial charge is 0.194 e. The first-order valence-corrected chi connectivity index (χ1v) is 13.4. The van der Waals surface area contributed by atoms with Crippen LogP contribution in [0.3, 0.4) is 0 Å². The van der Waals surface area contributed by atoms with Crippen LogP contribution in [-0.4, -0.2) is 43.7 Å². The molecule has 0 bridgehead atoms. The van der Waals surface area contributed by atoms with Crippen molar-refractivity contribution in [1.82, 2.24) is 14.9 Å². The number of nitrogens with zero attached hydrogens (tertiary/aromatic N) is 2. The lowest BCUT2D eigenvalue weighted by atomic mass is 9.70. The van der Waals surface area contributed by atoms with Crippen molar-refractivity contribution in [2.75, 3.05) is 6.54 Å². The quantitative estimate of drug-likeness (QED) is 0.227. The number of aromatic hydroxyl groups is 2. The number of aromatic nitrogens is 2. The molecule has 5 rings (SSSR count). The molecule has 0 spiro atoms. The molecule has 3 aromatic rings. The molecule has 9 nitrogen and oxygen atoms in total. The molecule has 0 unspecified atom stereocenters. The fourth-order valence-electron chi connectivity index (χ4n) is 5.70. The maximum Gasteiger partial charge on any atom is 0.194 e. The molecular weight excluding hydrogens is 510 g/mol. The zero-order chi connectivity index (χ0) is 29.1. The van der Waals surface area contributed by atoms with E-state index in [1.165, 1.54) is 19.9 Å². The summed E-state index contributed by atoms with van der Waals surface area (Å²) in [4.78, 5) is 44.3. The molecule has 0 saturated carbocycles. The number of carbonyl (C=O) groups excluding carboxylic acids is 3. The number of benzene rings is 2. The second kappa shape index (κ2) is 9.66. The molecule has 0 saturated heterocycles. The monoisotopic (exact) mass is 543 g/mol. The van der Waals surface area contributed by atoms with Gasteiger partial charge in [-0.05, 0) is 45.7 Å². The molecule has 1 aliphatic carbocycles. The molecular formula is C31H33N3O6. The van der Waals surface area contributed by atoms with Gasteiger partial charge in [-0.3, -0.25) is 14.4 Å². The third-order valence-corrected chi connectivity index (χ3v) is 7.78. The maximum absolute atomic E-state index is 14.0. The van der Waals surface area contributed by atoms with E-state index in [0.29, 0.717) is 24.6 Å². The number of hydrogen-bond donors (Lipinski definition) is 3. The van der Waals surface area contributed by atoms with Gasteiger partial charge in [0.05, 0.1) is 22.2 Å². The zero-order valence-corrected chi connectivity index (χ0v) is 23.5. The summed E-state index contributed by atoms with van der Waals surface area (Å²) in [6.45, 7) is 11.5. The van der Waals surface area contributed by atoms with Crippen LogP contribution in [0.5, 0.6) is 17.2 Å². The molecule has 40 heavy (non-hydrogen) atoms. The normalized spacial score (nSPS) is 19.4. The minimum atomic E-state index is -1.54. The van der Waals surface area contributed by atoms with Gasteiger partial charge in [0.2, 0.25) is 0 Å². The maximum atomic E-state index is 14.0. The number of ether oxygens (including phenoxy) is 1. The SMILES string of the molecule is CC(=O)c1c(O)c(C)c(O)c2c1OC1=CC(=O)/C(=C(/C)NCCc3nc4ccccc4n3CC(C)C)C(=O)[C@@]12C. The Hall–Kier alpha value is -4.40. The summed E-state index contributed by atoms with van der Waals surface area (Å²) < 4.78 is 8.03. The Labute approximate surface area is 232 Å². The van der Waals surface area contributed by atoms with Gasteiger partial charge in [0.15, 0.2) is 17.3 Å². The second-order valence-corrected chi connectivity index (χ2v) is 11.1. The Morgan fingerprint density at radius 2 is 1.85 bits per heavy atom. The van der Waals surface area contributed by atoms with Gasteiger partial charge in [-0.1, -0.05) is 26.0 Å². The Balaban J connectivity index is 1.48. The number of rotatable bonds is 7. The van der Waals surface area contributed by atoms with E-state index < -0.39 is 28.5 Å². The van der Waals surface area contributed by atoms with E-state index in [9.17, 15) is 24.6 Å². The topological polar surface area (TPSA) is 131 Å². The van der Waals surface area contributed by atoms with Crippen molar-refractivity contribution in [2.45, 2.75) is 59.9 Å². The Morgan fingerprint density at radius 1 is 1.15 bits per heavy atom. The van der Waals surface area contributed by atoms with Crippen LogP contribution in [0.4, 0.5) is 0 Å². The van der Waals surface area contributed by atoms with Crippen molar-refractivity contribution in [1.29, 1.82) is 0 Å². The fraction of sp³-hybridized carbons (Fsp3) is 0.355. The second-order valence-electron chi connectivity index (χ2n) is 11.1. The summed E-state index contributed by atoms with van der Waals surface area (Å²) in [7, 11) is 0. The van der Waals surface area contributed by atoms with Gasteiger partial charge in [0.25, 0.3) is 0 Å². The standard InChI is InChI=1S/C31H33N3O6/c1-15(2)14-34-20-10-8-7-9-19(20)33-23(34)11-12-32-17(4)24-21(36)13-22-31(6,30(24)39)26-28(38)16(3)27(37)25(18(5)35)29(26)40-22/h7-10,13,15,32,37-38H,11-12,14H2,1-6H3/b24-17+/t31-/m0/s1. The van der Waals surface area contributed by atoms with E-state index in [1.54, 1.807) is 13.8 Å². The first-order chi connectivity index (χ1) is 18.9. The zero-order valence-electron chi connectivity index (χ0n) is 23.5. The summed E-state index contributed by atoms with van der Waals surface area (Å²) in [6.07, 6.45) is 1.79. The molecule has 1 atom stereocenters. The average molecular weight is 544 g/mol. The molecule has 2 heterocycles. The molecule has 0 fully saturated rings.